The first-order chi connectivity index (χ1) is 11.3. The van der Waals surface area contributed by atoms with Gasteiger partial charge in [0.2, 0.25) is 0 Å². The number of methoxy groups -OCH3 is 1. The highest BCUT2D eigenvalue weighted by molar-refractivity contribution is 5.28. The number of hydrogen-bond donors (Lipinski definition) is 1. The molecule has 1 aromatic rings. The van der Waals surface area contributed by atoms with E-state index in [2.05, 4.69) is 29.6 Å². The molecule has 4 heteroatoms. The van der Waals surface area contributed by atoms with Gasteiger partial charge in [-0.05, 0) is 43.4 Å². The van der Waals surface area contributed by atoms with E-state index in [-0.39, 0.29) is 5.60 Å². The van der Waals surface area contributed by atoms with Gasteiger partial charge in [-0.3, -0.25) is 0 Å². The molecule has 1 heterocycles. The quantitative estimate of drug-likeness (QED) is 0.837. The Labute approximate surface area is 139 Å². The molecule has 23 heavy (non-hydrogen) atoms. The fourth-order valence-electron chi connectivity index (χ4n) is 3.56. The zero-order valence-electron chi connectivity index (χ0n) is 14.2. The number of nitrogens with one attached hydrogen (secondary N) is 1. The van der Waals surface area contributed by atoms with Crippen LogP contribution in [0.1, 0.15) is 44.1 Å². The van der Waals surface area contributed by atoms with Crippen LogP contribution in [0.2, 0.25) is 0 Å². The maximum absolute atomic E-state index is 6.08. The first-order valence-corrected chi connectivity index (χ1v) is 8.89. The Balaban J connectivity index is 1.49. The summed E-state index contributed by atoms with van der Waals surface area (Å²) in [5, 5.41) is 3.55. The van der Waals surface area contributed by atoms with Crippen LogP contribution >= 0.6 is 0 Å². The van der Waals surface area contributed by atoms with Gasteiger partial charge in [0.15, 0.2) is 0 Å². The van der Waals surface area contributed by atoms with Crippen LogP contribution in [0.5, 0.6) is 5.75 Å². The topological polar surface area (TPSA) is 39.7 Å². The molecule has 2 fully saturated rings. The normalized spacial score (nSPS) is 21.4. The second-order valence-electron chi connectivity index (χ2n) is 6.77. The summed E-state index contributed by atoms with van der Waals surface area (Å²) < 4.78 is 17.3. The summed E-state index contributed by atoms with van der Waals surface area (Å²) in [4.78, 5) is 0. The smallest absolute Gasteiger partial charge is 0.120 e. The molecule has 2 aliphatic rings. The number of benzene rings is 1. The predicted octanol–water partition coefficient (Wildman–Crippen LogP) is 3.29. The maximum Gasteiger partial charge on any atom is 0.120 e. The fourth-order valence-corrected chi connectivity index (χ4v) is 3.56. The van der Waals surface area contributed by atoms with Gasteiger partial charge >= 0.3 is 0 Å². The van der Waals surface area contributed by atoms with E-state index >= 15 is 0 Å². The van der Waals surface area contributed by atoms with Gasteiger partial charge < -0.3 is 19.5 Å². The van der Waals surface area contributed by atoms with Gasteiger partial charge in [-0.2, -0.15) is 0 Å². The maximum atomic E-state index is 6.08. The molecular formula is C19H29NO3. The predicted molar refractivity (Wildman–Crippen MR) is 90.8 cm³/mol. The van der Waals surface area contributed by atoms with Crippen molar-refractivity contribution in [2.75, 3.05) is 26.9 Å². The molecule has 0 spiro atoms. The van der Waals surface area contributed by atoms with Crippen LogP contribution in [-0.4, -0.2) is 38.6 Å². The molecule has 1 aromatic carbocycles. The Bertz CT molecular complexity index is 479. The molecule has 1 saturated heterocycles. The SMILES string of the molecule is COC1(CNCc2cccc(OC3CCCC3)c2)CCOCC1. The highest BCUT2D eigenvalue weighted by Gasteiger charge is 2.31. The summed E-state index contributed by atoms with van der Waals surface area (Å²) in [5.41, 5.74) is 1.19. The van der Waals surface area contributed by atoms with Gasteiger partial charge in [-0.25, -0.2) is 0 Å². The van der Waals surface area contributed by atoms with E-state index < -0.39 is 0 Å². The minimum absolute atomic E-state index is 0.0732. The fraction of sp³-hybridized carbons (Fsp3) is 0.684. The van der Waals surface area contributed by atoms with Gasteiger partial charge in [-0.15, -0.1) is 0 Å². The molecule has 1 saturated carbocycles. The summed E-state index contributed by atoms with van der Waals surface area (Å²) in [6.07, 6.45) is 7.32. The van der Waals surface area contributed by atoms with Crippen molar-refractivity contribution in [3.63, 3.8) is 0 Å². The van der Waals surface area contributed by atoms with Gasteiger partial charge in [0, 0.05) is 46.3 Å². The lowest BCUT2D eigenvalue weighted by atomic mass is 9.94. The van der Waals surface area contributed by atoms with Crippen molar-refractivity contribution in [3.05, 3.63) is 29.8 Å². The highest BCUT2D eigenvalue weighted by Crippen LogP contribution is 2.25. The molecule has 128 valence electrons. The average Bonchev–Trinajstić information content (AvgIpc) is 3.09. The second kappa shape index (κ2) is 8.13. The van der Waals surface area contributed by atoms with Crippen molar-refractivity contribution in [3.8, 4) is 5.75 Å². The molecule has 1 aliphatic carbocycles. The summed E-state index contributed by atoms with van der Waals surface area (Å²) in [7, 11) is 1.81. The van der Waals surface area contributed by atoms with E-state index in [0.717, 1.165) is 44.9 Å². The van der Waals surface area contributed by atoms with Crippen molar-refractivity contribution in [1.29, 1.82) is 0 Å². The van der Waals surface area contributed by atoms with Gasteiger partial charge in [0.1, 0.15) is 5.75 Å². The third kappa shape index (κ3) is 4.69. The van der Waals surface area contributed by atoms with E-state index in [1.165, 1.54) is 31.2 Å². The lowest BCUT2D eigenvalue weighted by molar-refractivity contribution is -0.0877. The summed E-state index contributed by atoms with van der Waals surface area (Å²) >= 11 is 0. The van der Waals surface area contributed by atoms with Crippen LogP contribution in [0, 0.1) is 0 Å². The largest absolute Gasteiger partial charge is 0.490 e. The zero-order valence-corrected chi connectivity index (χ0v) is 14.2. The number of rotatable bonds is 7. The minimum Gasteiger partial charge on any atom is -0.490 e. The molecule has 0 amide bonds. The summed E-state index contributed by atoms with van der Waals surface area (Å²) in [6.45, 7) is 3.29. The van der Waals surface area contributed by atoms with Crippen molar-refractivity contribution in [2.24, 2.45) is 0 Å². The lowest BCUT2D eigenvalue weighted by Crippen LogP contribution is -2.46. The Hall–Kier alpha value is -1.10. The van der Waals surface area contributed by atoms with Crippen LogP contribution in [0.3, 0.4) is 0 Å². The zero-order chi connectivity index (χ0) is 16.0. The Morgan fingerprint density at radius 3 is 2.74 bits per heavy atom. The van der Waals surface area contributed by atoms with Gasteiger partial charge in [-0.1, -0.05) is 12.1 Å². The van der Waals surface area contributed by atoms with Gasteiger partial charge in [0.25, 0.3) is 0 Å². The van der Waals surface area contributed by atoms with Crippen LogP contribution in [0.25, 0.3) is 0 Å². The Morgan fingerprint density at radius 2 is 2.00 bits per heavy atom. The molecule has 4 nitrogen and oxygen atoms in total. The molecule has 0 radical (unpaired) electrons. The van der Waals surface area contributed by atoms with Crippen molar-refractivity contribution < 1.29 is 14.2 Å². The minimum atomic E-state index is -0.0732. The van der Waals surface area contributed by atoms with Crippen LogP contribution in [0.15, 0.2) is 24.3 Å². The van der Waals surface area contributed by atoms with Crippen molar-refractivity contribution in [2.45, 2.75) is 56.8 Å². The standard InChI is InChI=1S/C19H29NO3/c1-21-19(9-11-22-12-10-19)15-20-14-16-5-4-8-18(13-16)23-17-6-2-3-7-17/h4-5,8,13,17,20H,2-3,6-7,9-12,14-15H2,1H3. The molecule has 0 atom stereocenters. The van der Waals surface area contributed by atoms with Crippen molar-refractivity contribution in [1.82, 2.24) is 5.32 Å². The van der Waals surface area contributed by atoms with Crippen LogP contribution in [0.4, 0.5) is 0 Å². The van der Waals surface area contributed by atoms with E-state index in [4.69, 9.17) is 14.2 Å². The summed E-state index contributed by atoms with van der Waals surface area (Å²) in [5.74, 6) is 1.00. The average molecular weight is 319 g/mol. The van der Waals surface area contributed by atoms with Gasteiger partial charge in [0.05, 0.1) is 11.7 Å². The highest BCUT2D eigenvalue weighted by atomic mass is 16.5. The molecule has 3 rings (SSSR count). The molecule has 0 bridgehead atoms. The number of ether oxygens (including phenoxy) is 3. The van der Waals surface area contributed by atoms with E-state index in [0.29, 0.717) is 6.10 Å². The molecule has 0 aromatic heterocycles. The first kappa shape index (κ1) is 16.7. The Kier molecular flexibility index (Phi) is 5.92. The third-order valence-corrected chi connectivity index (χ3v) is 5.12. The molecular weight excluding hydrogens is 290 g/mol. The summed E-state index contributed by atoms with van der Waals surface area (Å²) in [6, 6.07) is 8.46. The number of hydrogen-bond acceptors (Lipinski definition) is 4. The van der Waals surface area contributed by atoms with Crippen molar-refractivity contribution >= 4 is 0 Å². The molecule has 1 N–H and O–H groups in total. The van der Waals surface area contributed by atoms with E-state index in [1.807, 2.05) is 7.11 Å². The molecule has 0 unspecified atom stereocenters. The third-order valence-electron chi connectivity index (χ3n) is 5.12. The molecule has 1 aliphatic heterocycles. The van der Waals surface area contributed by atoms with Crippen LogP contribution in [-0.2, 0) is 16.0 Å². The van der Waals surface area contributed by atoms with E-state index in [1.54, 1.807) is 0 Å². The second-order valence-corrected chi connectivity index (χ2v) is 6.77. The van der Waals surface area contributed by atoms with E-state index in [9.17, 15) is 0 Å². The Morgan fingerprint density at radius 1 is 1.22 bits per heavy atom. The lowest BCUT2D eigenvalue weighted by Gasteiger charge is -2.36. The first-order valence-electron chi connectivity index (χ1n) is 8.89. The van der Waals surface area contributed by atoms with Crippen LogP contribution < -0.4 is 10.1 Å². The monoisotopic (exact) mass is 319 g/mol.